The van der Waals surface area contributed by atoms with Gasteiger partial charge in [-0.15, -0.1) is 11.3 Å². The van der Waals surface area contributed by atoms with Gasteiger partial charge in [0.05, 0.1) is 12.2 Å². The maximum atomic E-state index is 9.83. The zero-order valence-corrected chi connectivity index (χ0v) is 9.76. The molecule has 2 N–H and O–H groups in total. The summed E-state index contributed by atoms with van der Waals surface area (Å²) in [5.41, 5.74) is -0.905. The summed E-state index contributed by atoms with van der Waals surface area (Å²) in [6.07, 6.45) is 1.14. The second-order valence-electron chi connectivity index (χ2n) is 3.82. The van der Waals surface area contributed by atoms with E-state index < -0.39 is 5.60 Å². The van der Waals surface area contributed by atoms with Crippen LogP contribution in [0, 0.1) is 0 Å². The Labute approximate surface area is 97.1 Å². The molecule has 0 amide bonds. The van der Waals surface area contributed by atoms with E-state index in [2.05, 4.69) is 9.88 Å². The molecule has 0 unspecified atom stereocenters. The highest BCUT2D eigenvalue weighted by molar-refractivity contribution is 7.14. The predicted molar refractivity (Wildman–Crippen MR) is 60.6 cm³/mol. The van der Waals surface area contributed by atoms with Crippen LogP contribution in [0.4, 0.5) is 5.13 Å². The van der Waals surface area contributed by atoms with E-state index in [1.54, 1.807) is 5.38 Å². The summed E-state index contributed by atoms with van der Waals surface area (Å²) in [5.74, 6) is 0. The Hall–Kier alpha value is -0.360. The van der Waals surface area contributed by atoms with Crippen molar-refractivity contribution in [2.45, 2.75) is 18.4 Å². The highest BCUT2D eigenvalue weighted by atomic mass is 35.5. The molecule has 0 atom stereocenters. The molecule has 0 radical (unpaired) electrons. The first-order chi connectivity index (χ1) is 7.13. The lowest BCUT2D eigenvalue weighted by Gasteiger charge is -2.36. The van der Waals surface area contributed by atoms with Gasteiger partial charge in [-0.05, 0) is 12.8 Å². The third-order valence-corrected chi connectivity index (χ3v) is 3.95. The van der Waals surface area contributed by atoms with E-state index in [1.165, 1.54) is 11.3 Å². The van der Waals surface area contributed by atoms with Gasteiger partial charge in [-0.25, -0.2) is 4.98 Å². The summed E-state index contributed by atoms with van der Waals surface area (Å²) >= 11 is 7.25. The van der Waals surface area contributed by atoms with Crippen LogP contribution in [0.5, 0.6) is 0 Å². The highest BCUT2D eigenvalue weighted by Gasteiger charge is 2.32. The minimum absolute atomic E-state index is 0.167. The lowest BCUT2D eigenvalue weighted by atomic mass is 9.93. The van der Waals surface area contributed by atoms with Gasteiger partial charge >= 0.3 is 0 Å². The van der Waals surface area contributed by atoms with Crippen molar-refractivity contribution in [3.63, 3.8) is 0 Å². The van der Waals surface area contributed by atoms with Crippen molar-refractivity contribution < 1.29 is 10.2 Å². The molecule has 2 rings (SSSR count). The molecule has 4 nitrogen and oxygen atoms in total. The molecule has 2 heterocycles. The standard InChI is InChI=1S/C9H13ClN2O2S/c10-7-5-15-8(11-7)12-3-1-9(14,6-13)2-4-12/h5,13-14H,1-4,6H2. The van der Waals surface area contributed by atoms with E-state index in [0.29, 0.717) is 31.1 Å². The monoisotopic (exact) mass is 248 g/mol. The maximum Gasteiger partial charge on any atom is 0.186 e. The van der Waals surface area contributed by atoms with Crippen LogP contribution in [0.3, 0.4) is 0 Å². The molecular formula is C9H13ClN2O2S. The van der Waals surface area contributed by atoms with Crippen molar-refractivity contribution >= 4 is 28.1 Å². The predicted octanol–water partition coefficient (Wildman–Crippen LogP) is 1.12. The zero-order chi connectivity index (χ0) is 10.9. The van der Waals surface area contributed by atoms with Crippen LogP contribution in [-0.2, 0) is 0 Å². The molecule has 15 heavy (non-hydrogen) atoms. The van der Waals surface area contributed by atoms with E-state index in [-0.39, 0.29) is 6.61 Å². The first kappa shape index (κ1) is 11.1. The molecule has 1 saturated heterocycles. The molecule has 84 valence electrons. The van der Waals surface area contributed by atoms with Gasteiger partial charge in [0.1, 0.15) is 5.15 Å². The average molecular weight is 249 g/mol. The first-order valence-electron chi connectivity index (χ1n) is 4.82. The Morgan fingerprint density at radius 3 is 2.67 bits per heavy atom. The Morgan fingerprint density at radius 1 is 1.53 bits per heavy atom. The first-order valence-corrected chi connectivity index (χ1v) is 6.08. The van der Waals surface area contributed by atoms with Crippen molar-refractivity contribution in [1.82, 2.24) is 4.98 Å². The van der Waals surface area contributed by atoms with Crippen LogP contribution in [0.25, 0.3) is 0 Å². The molecule has 0 saturated carbocycles. The number of nitrogens with zero attached hydrogens (tertiary/aromatic N) is 2. The van der Waals surface area contributed by atoms with Gasteiger partial charge in [0.15, 0.2) is 5.13 Å². The zero-order valence-electron chi connectivity index (χ0n) is 8.19. The molecule has 0 bridgehead atoms. The van der Waals surface area contributed by atoms with Gasteiger partial charge in [-0.1, -0.05) is 11.6 Å². The SMILES string of the molecule is OCC1(O)CCN(c2nc(Cl)cs2)CC1. The number of hydrogen-bond acceptors (Lipinski definition) is 5. The van der Waals surface area contributed by atoms with Crippen LogP contribution in [0.1, 0.15) is 12.8 Å². The number of aromatic nitrogens is 1. The van der Waals surface area contributed by atoms with Crippen molar-refractivity contribution in [1.29, 1.82) is 0 Å². The summed E-state index contributed by atoms with van der Waals surface area (Å²) < 4.78 is 0. The normalized spacial score (nSPS) is 20.6. The van der Waals surface area contributed by atoms with Crippen LogP contribution in [0.15, 0.2) is 5.38 Å². The second-order valence-corrected chi connectivity index (χ2v) is 5.05. The minimum atomic E-state index is -0.905. The van der Waals surface area contributed by atoms with Gasteiger partial charge in [-0.2, -0.15) is 0 Å². The lowest BCUT2D eigenvalue weighted by molar-refractivity contribution is -0.0325. The number of halogens is 1. The largest absolute Gasteiger partial charge is 0.393 e. The number of anilines is 1. The van der Waals surface area contributed by atoms with Crippen LogP contribution < -0.4 is 4.90 Å². The van der Waals surface area contributed by atoms with E-state index in [4.69, 9.17) is 16.7 Å². The molecule has 1 aromatic heterocycles. The summed E-state index contributed by atoms with van der Waals surface area (Å²) in [6.45, 7) is 1.25. The smallest absolute Gasteiger partial charge is 0.186 e. The third-order valence-electron chi connectivity index (χ3n) is 2.72. The highest BCUT2D eigenvalue weighted by Crippen LogP contribution is 2.29. The number of aliphatic hydroxyl groups is 2. The van der Waals surface area contributed by atoms with Crippen molar-refractivity contribution in [2.24, 2.45) is 0 Å². The summed E-state index contributed by atoms with van der Waals surface area (Å²) in [6, 6.07) is 0. The van der Waals surface area contributed by atoms with Crippen LogP contribution in [-0.4, -0.2) is 40.5 Å². The van der Waals surface area contributed by atoms with Gasteiger partial charge < -0.3 is 15.1 Å². The fourth-order valence-corrected chi connectivity index (χ4v) is 2.66. The van der Waals surface area contributed by atoms with Gasteiger partial charge in [0.2, 0.25) is 0 Å². The molecule has 1 fully saturated rings. The molecule has 6 heteroatoms. The molecule has 0 aromatic carbocycles. The molecule has 0 aliphatic carbocycles. The summed E-state index contributed by atoms with van der Waals surface area (Å²) in [5, 5.41) is 22.0. The van der Waals surface area contributed by atoms with E-state index in [1.807, 2.05) is 0 Å². The van der Waals surface area contributed by atoms with E-state index in [9.17, 15) is 5.11 Å². The van der Waals surface area contributed by atoms with Gasteiger partial charge in [0.25, 0.3) is 0 Å². The van der Waals surface area contributed by atoms with Crippen molar-refractivity contribution in [2.75, 3.05) is 24.6 Å². The molecular weight excluding hydrogens is 236 g/mol. The molecule has 1 aromatic rings. The van der Waals surface area contributed by atoms with Gasteiger partial charge in [-0.3, -0.25) is 0 Å². The molecule has 1 aliphatic heterocycles. The van der Waals surface area contributed by atoms with Crippen molar-refractivity contribution in [3.05, 3.63) is 10.5 Å². The molecule has 1 aliphatic rings. The average Bonchev–Trinajstić information content (AvgIpc) is 2.66. The van der Waals surface area contributed by atoms with Crippen LogP contribution >= 0.6 is 22.9 Å². The summed E-state index contributed by atoms with van der Waals surface area (Å²) in [4.78, 5) is 6.26. The Balaban J connectivity index is 1.99. The fraction of sp³-hybridized carbons (Fsp3) is 0.667. The quantitative estimate of drug-likeness (QED) is 0.824. The maximum absolute atomic E-state index is 9.83. The Morgan fingerprint density at radius 2 is 2.20 bits per heavy atom. The van der Waals surface area contributed by atoms with Crippen molar-refractivity contribution in [3.8, 4) is 0 Å². The number of rotatable bonds is 2. The summed E-state index contributed by atoms with van der Waals surface area (Å²) in [7, 11) is 0. The lowest BCUT2D eigenvalue weighted by Crippen LogP contribution is -2.46. The Kier molecular flexibility index (Phi) is 3.16. The van der Waals surface area contributed by atoms with Gasteiger partial charge in [0, 0.05) is 18.5 Å². The second kappa shape index (κ2) is 4.25. The van der Waals surface area contributed by atoms with E-state index in [0.717, 1.165) is 5.13 Å². The fourth-order valence-electron chi connectivity index (χ4n) is 1.66. The minimum Gasteiger partial charge on any atom is -0.393 e. The topological polar surface area (TPSA) is 56.6 Å². The van der Waals surface area contributed by atoms with Crippen LogP contribution in [0.2, 0.25) is 5.15 Å². The number of aliphatic hydroxyl groups excluding tert-OH is 1. The Bertz CT molecular complexity index is 337. The number of piperidine rings is 1. The van der Waals surface area contributed by atoms with E-state index >= 15 is 0 Å². The third kappa shape index (κ3) is 2.42. The number of hydrogen-bond donors (Lipinski definition) is 2. The number of thiazole rings is 1. The molecule has 0 spiro atoms.